The molecule has 0 amide bonds. The van der Waals surface area contributed by atoms with Gasteiger partial charge >= 0.3 is 5.97 Å². The van der Waals surface area contributed by atoms with Crippen molar-refractivity contribution in [3.05, 3.63) is 34.6 Å². The lowest BCUT2D eigenvalue weighted by molar-refractivity contribution is 0.0697. The summed E-state index contributed by atoms with van der Waals surface area (Å²) in [5, 5.41) is 15.6. The molecule has 1 aromatic carbocycles. The van der Waals surface area contributed by atoms with Crippen LogP contribution in [0, 0.1) is 6.92 Å². The van der Waals surface area contributed by atoms with Gasteiger partial charge in [-0.05, 0) is 19.1 Å². The third-order valence-electron chi connectivity index (χ3n) is 2.05. The number of H-pyrrole nitrogens is 1. The second kappa shape index (κ2) is 3.94. The van der Waals surface area contributed by atoms with E-state index in [9.17, 15) is 4.79 Å². The van der Waals surface area contributed by atoms with E-state index in [1.165, 1.54) is 12.1 Å². The highest BCUT2D eigenvalue weighted by atomic mass is 35.5. The highest BCUT2D eigenvalue weighted by Gasteiger charge is 2.11. The number of nitrogens with zero attached hydrogens (tertiary/aromatic N) is 2. The number of aryl methyl sites for hydroxylation is 1. The van der Waals surface area contributed by atoms with Gasteiger partial charge in [0, 0.05) is 5.56 Å². The monoisotopic (exact) mass is 237 g/mol. The molecule has 0 aliphatic rings. The number of carbonyl (C=O) groups is 1. The molecule has 82 valence electrons. The van der Waals surface area contributed by atoms with Crippen LogP contribution in [0.5, 0.6) is 0 Å². The molecule has 1 aromatic heterocycles. The molecule has 0 aliphatic carbocycles. The number of aromatic amines is 1. The summed E-state index contributed by atoms with van der Waals surface area (Å²) in [7, 11) is 0. The van der Waals surface area contributed by atoms with Crippen molar-refractivity contribution in [2.75, 3.05) is 0 Å². The number of nitrogens with one attached hydrogen (secondary N) is 1. The molecule has 0 fully saturated rings. The van der Waals surface area contributed by atoms with Crippen molar-refractivity contribution in [3.8, 4) is 11.4 Å². The molecule has 0 unspecified atom stereocenters. The number of halogens is 1. The Morgan fingerprint density at radius 2 is 2.25 bits per heavy atom. The Hall–Kier alpha value is -1.88. The summed E-state index contributed by atoms with van der Waals surface area (Å²) in [4.78, 5) is 14.9. The van der Waals surface area contributed by atoms with Crippen molar-refractivity contribution in [2.24, 2.45) is 0 Å². The summed E-state index contributed by atoms with van der Waals surface area (Å²) in [5.74, 6) is 0.132. The molecule has 0 aliphatic heterocycles. The average molecular weight is 238 g/mol. The quantitative estimate of drug-likeness (QED) is 0.839. The minimum Gasteiger partial charge on any atom is -0.478 e. The molecule has 0 spiro atoms. The first-order valence-corrected chi connectivity index (χ1v) is 4.88. The predicted octanol–water partition coefficient (Wildman–Crippen LogP) is 2.13. The fourth-order valence-corrected chi connectivity index (χ4v) is 1.56. The van der Waals surface area contributed by atoms with Crippen LogP contribution in [-0.2, 0) is 0 Å². The van der Waals surface area contributed by atoms with E-state index >= 15 is 0 Å². The number of carboxylic acid groups (broad SMARTS) is 1. The molecule has 6 heteroatoms. The topological polar surface area (TPSA) is 78.9 Å². The number of aromatic nitrogens is 3. The van der Waals surface area contributed by atoms with Gasteiger partial charge in [-0.1, -0.05) is 17.7 Å². The maximum atomic E-state index is 10.8. The lowest BCUT2D eigenvalue weighted by Crippen LogP contribution is -1.97. The van der Waals surface area contributed by atoms with Crippen LogP contribution >= 0.6 is 11.6 Å². The third-order valence-corrected chi connectivity index (χ3v) is 2.37. The fourth-order valence-electron chi connectivity index (χ4n) is 1.30. The minimum absolute atomic E-state index is 0.0673. The first-order chi connectivity index (χ1) is 7.58. The Labute approximate surface area is 96.1 Å². The molecule has 0 radical (unpaired) electrons. The van der Waals surface area contributed by atoms with Crippen molar-refractivity contribution >= 4 is 17.6 Å². The smallest absolute Gasteiger partial charge is 0.337 e. The van der Waals surface area contributed by atoms with Gasteiger partial charge < -0.3 is 5.11 Å². The first-order valence-electron chi connectivity index (χ1n) is 4.50. The summed E-state index contributed by atoms with van der Waals surface area (Å²) in [5.41, 5.74) is 0.747. The van der Waals surface area contributed by atoms with Crippen LogP contribution in [0.15, 0.2) is 18.2 Å². The van der Waals surface area contributed by atoms with E-state index in [0.29, 0.717) is 17.2 Å². The zero-order valence-corrected chi connectivity index (χ0v) is 9.12. The van der Waals surface area contributed by atoms with Crippen molar-refractivity contribution in [1.82, 2.24) is 15.2 Å². The Morgan fingerprint density at radius 3 is 2.75 bits per heavy atom. The Morgan fingerprint density at radius 1 is 1.50 bits per heavy atom. The van der Waals surface area contributed by atoms with Gasteiger partial charge in [-0.15, -0.1) is 0 Å². The summed E-state index contributed by atoms with van der Waals surface area (Å²) < 4.78 is 0. The molecule has 0 saturated carbocycles. The number of hydrogen-bond donors (Lipinski definition) is 2. The maximum absolute atomic E-state index is 10.8. The van der Waals surface area contributed by atoms with E-state index in [1.54, 1.807) is 13.0 Å². The third kappa shape index (κ3) is 1.90. The highest BCUT2D eigenvalue weighted by Crippen LogP contribution is 2.23. The molecule has 5 nitrogen and oxygen atoms in total. The van der Waals surface area contributed by atoms with Gasteiger partial charge in [0.2, 0.25) is 0 Å². The Balaban J connectivity index is 2.45. The molecule has 2 N–H and O–H groups in total. The lowest BCUT2D eigenvalue weighted by Gasteiger charge is -2.00. The second-order valence-corrected chi connectivity index (χ2v) is 3.65. The number of carboxylic acids is 1. The van der Waals surface area contributed by atoms with Crippen LogP contribution in [0.25, 0.3) is 11.4 Å². The van der Waals surface area contributed by atoms with Gasteiger partial charge in [0.1, 0.15) is 5.82 Å². The van der Waals surface area contributed by atoms with Crippen LogP contribution in [-0.4, -0.2) is 26.3 Å². The lowest BCUT2D eigenvalue weighted by atomic mass is 10.1. The molecule has 2 rings (SSSR count). The first kappa shape index (κ1) is 10.6. The van der Waals surface area contributed by atoms with Crippen LogP contribution in [0.1, 0.15) is 16.2 Å². The molecule has 1 heterocycles. The maximum Gasteiger partial charge on any atom is 0.337 e. The molecule has 0 atom stereocenters. The number of aromatic carboxylic acids is 1. The highest BCUT2D eigenvalue weighted by molar-refractivity contribution is 6.33. The van der Waals surface area contributed by atoms with Gasteiger partial charge in [-0.2, -0.15) is 5.10 Å². The number of benzene rings is 1. The van der Waals surface area contributed by atoms with Crippen molar-refractivity contribution in [3.63, 3.8) is 0 Å². The predicted molar refractivity (Wildman–Crippen MR) is 58.5 cm³/mol. The Kier molecular flexibility index (Phi) is 2.62. The van der Waals surface area contributed by atoms with Gasteiger partial charge in [0.05, 0.1) is 10.6 Å². The standard InChI is InChI=1S/C10H8ClN3O2/c1-5-12-9(14-13-5)6-2-3-7(10(15)16)8(11)4-6/h2-4H,1H3,(H,15,16)(H,12,13,14). The molecule has 2 aromatic rings. The van der Waals surface area contributed by atoms with Gasteiger partial charge in [0.15, 0.2) is 5.82 Å². The summed E-state index contributed by atoms with van der Waals surface area (Å²) >= 11 is 5.83. The minimum atomic E-state index is -1.05. The average Bonchev–Trinajstić information content (AvgIpc) is 2.64. The van der Waals surface area contributed by atoms with Crippen LogP contribution in [0.4, 0.5) is 0 Å². The van der Waals surface area contributed by atoms with E-state index in [-0.39, 0.29) is 10.6 Å². The van der Waals surface area contributed by atoms with E-state index in [0.717, 1.165) is 0 Å². The van der Waals surface area contributed by atoms with E-state index in [1.807, 2.05) is 0 Å². The molecule has 0 bridgehead atoms. The van der Waals surface area contributed by atoms with Crippen molar-refractivity contribution in [2.45, 2.75) is 6.92 Å². The van der Waals surface area contributed by atoms with Crippen LogP contribution in [0.3, 0.4) is 0 Å². The van der Waals surface area contributed by atoms with E-state index < -0.39 is 5.97 Å². The summed E-state index contributed by atoms with van der Waals surface area (Å²) in [6.07, 6.45) is 0. The van der Waals surface area contributed by atoms with Gasteiger partial charge in [0.25, 0.3) is 0 Å². The number of hydrogen-bond acceptors (Lipinski definition) is 3. The van der Waals surface area contributed by atoms with Gasteiger partial charge in [-0.3, -0.25) is 5.10 Å². The SMILES string of the molecule is Cc1nc(-c2ccc(C(=O)O)c(Cl)c2)n[nH]1. The number of rotatable bonds is 2. The zero-order valence-electron chi connectivity index (χ0n) is 8.36. The molecular weight excluding hydrogens is 230 g/mol. The summed E-state index contributed by atoms with van der Waals surface area (Å²) in [6.45, 7) is 1.78. The molecule has 16 heavy (non-hydrogen) atoms. The largest absolute Gasteiger partial charge is 0.478 e. The second-order valence-electron chi connectivity index (χ2n) is 3.24. The molecular formula is C10H8ClN3O2. The zero-order chi connectivity index (χ0) is 11.7. The van der Waals surface area contributed by atoms with Crippen molar-refractivity contribution < 1.29 is 9.90 Å². The van der Waals surface area contributed by atoms with Crippen LogP contribution in [0.2, 0.25) is 5.02 Å². The van der Waals surface area contributed by atoms with Crippen LogP contribution < -0.4 is 0 Å². The molecule has 0 saturated heterocycles. The van der Waals surface area contributed by atoms with Gasteiger partial charge in [-0.25, -0.2) is 9.78 Å². The Bertz CT molecular complexity index is 551. The summed E-state index contributed by atoms with van der Waals surface area (Å²) in [6, 6.07) is 4.59. The normalized spacial score (nSPS) is 10.4. The van der Waals surface area contributed by atoms with E-state index in [4.69, 9.17) is 16.7 Å². The fraction of sp³-hybridized carbons (Fsp3) is 0.100. The van der Waals surface area contributed by atoms with E-state index in [2.05, 4.69) is 15.2 Å². The van der Waals surface area contributed by atoms with Crippen molar-refractivity contribution in [1.29, 1.82) is 0 Å².